The third kappa shape index (κ3) is 4.69. The van der Waals surface area contributed by atoms with Crippen LogP contribution in [0.4, 0.5) is 0 Å². The summed E-state index contributed by atoms with van der Waals surface area (Å²) in [6.07, 6.45) is -2.43. The van der Waals surface area contributed by atoms with Gasteiger partial charge in [-0.25, -0.2) is 0 Å². The van der Waals surface area contributed by atoms with Crippen LogP contribution in [0.2, 0.25) is 19.1 Å². The molecule has 5 nitrogen and oxygen atoms in total. The molecule has 0 spiro atoms. The van der Waals surface area contributed by atoms with Crippen molar-refractivity contribution in [3.63, 3.8) is 0 Å². The molecule has 0 aliphatic carbocycles. The lowest BCUT2D eigenvalue weighted by Crippen LogP contribution is -2.49. The van der Waals surface area contributed by atoms with Gasteiger partial charge in [0, 0.05) is 0 Å². The highest BCUT2D eigenvalue weighted by Gasteiger charge is 2.57. The lowest BCUT2D eigenvalue weighted by Gasteiger charge is -2.32. The van der Waals surface area contributed by atoms with Gasteiger partial charge in [-0.15, -0.1) is 0 Å². The van der Waals surface area contributed by atoms with Gasteiger partial charge in [0.2, 0.25) is 0 Å². The molecule has 0 unspecified atom stereocenters. The molecule has 0 radical (unpaired) electrons. The Morgan fingerprint density at radius 1 is 1.00 bits per heavy atom. The van der Waals surface area contributed by atoms with Crippen molar-refractivity contribution in [2.24, 2.45) is 0 Å². The molecule has 5 atom stereocenters. The monoisotopic (exact) mass is 428 g/mol. The van der Waals surface area contributed by atoms with Gasteiger partial charge in [-0.05, 0) is 25.5 Å². The Morgan fingerprint density at radius 3 is 2.30 bits per heavy atom. The molecular weight excluding hydrogens is 396 g/mol. The highest BCUT2D eigenvalue weighted by atomic mass is 28.3. The first-order valence-electron chi connectivity index (χ1n) is 10.7. The van der Waals surface area contributed by atoms with Gasteiger partial charge in [-0.2, -0.15) is 0 Å². The average Bonchev–Trinajstić information content (AvgIpc) is 3.19. The van der Waals surface area contributed by atoms with Gasteiger partial charge in [0.05, 0.1) is 20.8 Å². The first kappa shape index (κ1) is 21.7. The molecule has 2 aromatic carbocycles. The van der Waals surface area contributed by atoms with E-state index in [9.17, 15) is 5.11 Å². The predicted molar refractivity (Wildman–Crippen MR) is 118 cm³/mol. The van der Waals surface area contributed by atoms with Gasteiger partial charge in [-0.3, -0.25) is 0 Å². The van der Waals surface area contributed by atoms with E-state index in [1.807, 2.05) is 50.2 Å². The zero-order valence-corrected chi connectivity index (χ0v) is 19.2. The van der Waals surface area contributed by atoms with E-state index in [-0.39, 0.29) is 6.10 Å². The minimum Gasteiger partial charge on any atom is -0.391 e. The van der Waals surface area contributed by atoms with Crippen molar-refractivity contribution in [1.29, 1.82) is 0 Å². The number of fused-ring (bicyclic) bond motifs is 1. The Labute approximate surface area is 179 Å². The summed E-state index contributed by atoms with van der Waals surface area (Å²) in [5, 5.41) is 12.5. The van der Waals surface area contributed by atoms with Crippen molar-refractivity contribution < 1.29 is 24.1 Å². The summed E-state index contributed by atoms with van der Waals surface area (Å²) in [7, 11) is -1.86. The van der Waals surface area contributed by atoms with Crippen molar-refractivity contribution in [3.05, 3.63) is 66.2 Å². The zero-order valence-electron chi connectivity index (χ0n) is 18.2. The summed E-state index contributed by atoms with van der Waals surface area (Å²) in [6.45, 7) is 8.73. The largest absolute Gasteiger partial charge is 0.391 e. The quantitative estimate of drug-likeness (QED) is 0.685. The van der Waals surface area contributed by atoms with Crippen LogP contribution in [0.3, 0.4) is 0 Å². The number of hydrogen-bond donors (Lipinski definition) is 1. The maximum Gasteiger partial charge on any atom is 0.190 e. The molecule has 2 aromatic rings. The highest BCUT2D eigenvalue weighted by Crippen LogP contribution is 2.40. The maximum atomic E-state index is 11.2. The second-order valence-corrected chi connectivity index (χ2v) is 14.1. The Hall–Kier alpha value is -1.54. The topological polar surface area (TPSA) is 57.2 Å². The molecule has 1 N–H and O–H groups in total. The molecule has 6 heteroatoms. The third-order valence-electron chi connectivity index (χ3n) is 5.97. The Bertz CT molecular complexity index is 826. The van der Waals surface area contributed by atoms with E-state index < -0.39 is 38.5 Å². The molecule has 2 saturated heterocycles. The SMILES string of the molecule is CC1(C)O[C@H]2O[C@H]([C@@H](O)C[Si](C)(C)c3ccccc3)[C@H](OCc3ccccc3)[C@H]2O1. The van der Waals surface area contributed by atoms with E-state index in [0.717, 1.165) is 5.56 Å². The number of ether oxygens (including phenoxy) is 4. The van der Waals surface area contributed by atoms with Crippen LogP contribution in [0.5, 0.6) is 0 Å². The molecule has 2 fully saturated rings. The van der Waals surface area contributed by atoms with Gasteiger partial charge in [0.1, 0.15) is 18.3 Å². The molecule has 162 valence electrons. The summed E-state index contributed by atoms with van der Waals surface area (Å²) in [6, 6.07) is 21.1. The molecule has 0 bridgehead atoms. The maximum absolute atomic E-state index is 11.2. The van der Waals surface area contributed by atoms with Crippen LogP contribution in [0.25, 0.3) is 0 Å². The molecule has 0 amide bonds. The van der Waals surface area contributed by atoms with Gasteiger partial charge in [0.25, 0.3) is 0 Å². The second kappa shape index (κ2) is 8.53. The first-order valence-corrected chi connectivity index (χ1v) is 13.9. The van der Waals surface area contributed by atoms with Gasteiger partial charge < -0.3 is 24.1 Å². The summed E-state index contributed by atoms with van der Waals surface area (Å²) in [4.78, 5) is 0. The standard InChI is InChI=1S/C24H32O5Si/c1-24(2)28-22-21(26-15-17-11-7-5-8-12-17)20(27-23(22)29-24)19(25)16-30(3,4)18-13-9-6-10-14-18/h5-14,19-23,25H,15-16H2,1-4H3/t19-,20+,21-,22+,23+/m0/s1. The molecule has 0 aromatic heterocycles. The third-order valence-corrected chi connectivity index (χ3v) is 9.30. The fourth-order valence-electron chi connectivity index (χ4n) is 4.42. The summed E-state index contributed by atoms with van der Waals surface area (Å²) < 4.78 is 24.5. The van der Waals surface area contributed by atoms with E-state index in [0.29, 0.717) is 12.7 Å². The van der Waals surface area contributed by atoms with Crippen molar-refractivity contribution in [2.75, 3.05) is 0 Å². The van der Waals surface area contributed by atoms with Gasteiger partial charge in [0.15, 0.2) is 12.1 Å². The fourth-order valence-corrected chi connectivity index (χ4v) is 7.02. The normalized spacial score (nSPS) is 29.0. The fraction of sp³-hybridized carbons (Fsp3) is 0.500. The second-order valence-electron chi connectivity index (χ2n) is 9.35. The van der Waals surface area contributed by atoms with Crippen LogP contribution in [0.1, 0.15) is 19.4 Å². The number of aliphatic hydroxyl groups is 1. The van der Waals surface area contributed by atoms with Crippen LogP contribution in [-0.4, -0.2) is 49.7 Å². The van der Waals surface area contributed by atoms with Crippen LogP contribution >= 0.6 is 0 Å². The molecule has 0 saturated carbocycles. The Balaban J connectivity index is 1.50. The molecule has 30 heavy (non-hydrogen) atoms. The zero-order chi connectivity index (χ0) is 21.4. The van der Waals surface area contributed by atoms with Crippen LogP contribution in [0.15, 0.2) is 60.7 Å². The van der Waals surface area contributed by atoms with Gasteiger partial charge >= 0.3 is 0 Å². The molecule has 2 aliphatic heterocycles. The van der Waals surface area contributed by atoms with E-state index in [1.165, 1.54) is 5.19 Å². The van der Waals surface area contributed by atoms with Crippen molar-refractivity contribution >= 4 is 13.3 Å². The smallest absolute Gasteiger partial charge is 0.190 e. The number of aliphatic hydroxyl groups excluding tert-OH is 1. The lowest BCUT2D eigenvalue weighted by atomic mass is 10.1. The minimum absolute atomic E-state index is 0.357. The van der Waals surface area contributed by atoms with Crippen LogP contribution in [0, 0.1) is 0 Å². The van der Waals surface area contributed by atoms with Crippen LogP contribution < -0.4 is 5.19 Å². The molecule has 2 heterocycles. The summed E-state index contributed by atoms with van der Waals surface area (Å²) in [5.41, 5.74) is 1.08. The summed E-state index contributed by atoms with van der Waals surface area (Å²) in [5.74, 6) is -0.725. The van der Waals surface area contributed by atoms with E-state index in [1.54, 1.807) is 0 Å². The summed E-state index contributed by atoms with van der Waals surface area (Å²) >= 11 is 0. The van der Waals surface area contributed by atoms with Crippen molar-refractivity contribution in [1.82, 2.24) is 0 Å². The predicted octanol–water partition coefficient (Wildman–Crippen LogP) is 3.42. The van der Waals surface area contributed by atoms with Gasteiger partial charge in [-0.1, -0.05) is 78.9 Å². The van der Waals surface area contributed by atoms with Crippen LogP contribution in [-0.2, 0) is 25.6 Å². The van der Waals surface area contributed by atoms with E-state index in [4.69, 9.17) is 18.9 Å². The Kier molecular flexibility index (Phi) is 6.17. The number of rotatable bonds is 7. The highest BCUT2D eigenvalue weighted by molar-refractivity contribution is 6.89. The average molecular weight is 429 g/mol. The lowest BCUT2D eigenvalue weighted by molar-refractivity contribution is -0.229. The number of hydrogen-bond acceptors (Lipinski definition) is 5. The first-order chi connectivity index (χ1) is 14.3. The van der Waals surface area contributed by atoms with Crippen molar-refractivity contribution in [3.8, 4) is 0 Å². The molecule has 2 aliphatic rings. The van der Waals surface area contributed by atoms with E-state index in [2.05, 4.69) is 37.4 Å². The molecular formula is C24H32O5Si. The Morgan fingerprint density at radius 2 is 1.63 bits per heavy atom. The minimum atomic E-state index is -1.86. The van der Waals surface area contributed by atoms with E-state index >= 15 is 0 Å². The van der Waals surface area contributed by atoms with Crippen molar-refractivity contribution in [2.45, 2.75) is 76.1 Å². The number of benzene rings is 2. The molecule has 4 rings (SSSR count).